The molecule has 2 rings (SSSR count). The fourth-order valence-electron chi connectivity index (χ4n) is 3.66. The standard InChI is InChI=1S/C14H24O2/c1-10-6-8-13(2,9-11(10)15)14(3)7-4-5-12(14)16/h10-11,15H,4-9H2,1-3H3. The van der Waals surface area contributed by atoms with Gasteiger partial charge in [0.1, 0.15) is 5.78 Å². The van der Waals surface area contributed by atoms with Crippen LogP contribution in [0.5, 0.6) is 0 Å². The van der Waals surface area contributed by atoms with Crippen molar-refractivity contribution in [1.82, 2.24) is 0 Å². The van der Waals surface area contributed by atoms with Gasteiger partial charge in [0.25, 0.3) is 0 Å². The van der Waals surface area contributed by atoms with E-state index in [9.17, 15) is 9.90 Å². The van der Waals surface area contributed by atoms with Crippen LogP contribution in [0.3, 0.4) is 0 Å². The van der Waals surface area contributed by atoms with Gasteiger partial charge in [0, 0.05) is 11.8 Å². The minimum absolute atomic E-state index is 0.0203. The molecule has 0 saturated heterocycles. The third kappa shape index (κ3) is 1.62. The number of hydrogen-bond donors (Lipinski definition) is 1. The Kier molecular flexibility index (Phi) is 2.90. The third-order valence-corrected chi connectivity index (χ3v) is 5.50. The van der Waals surface area contributed by atoms with Crippen LogP contribution in [0.25, 0.3) is 0 Å². The molecule has 16 heavy (non-hydrogen) atoms. The van der Waals surface area contributed by atoms with Crippen LogP contribution in [0.4, 0.5) is 0 Å². The molecular formula is C14H24O2. The average molecular weight is 224 g/mol. The molecule has 2 aliphatic carbocycles. The Balaban J connectivity index is 2.22. The highest BCUT2D eigenvalue weighted by Gasteiger charge is 2.53. The topological polar surface area (TPSA) is 37.3 Å². The normalized spacial score (nSPS) is 49.6. The van der Waals surface area contributed by atoms with Crippen molar-refractivity contribution in [3.8, 4) is 0 Å². The van der Waals surface area contributed by atoms with Gasteiger partial charge in [-0.1, -0.05) is 20.8 Å². The highest BCUT2D eigenvalue weighted by atomic mass is 16.3. The van der Waals surface area contributed by atoms with Gasteiger partial charge in [-0.05, 0) is 43.4 Å². The lowest BCUT2D eigenvalue weighted by Crippen LogP contribution is -2.47. The first-order valence-electron chi connectivity index (χ1n) is 6.60. The zero-order valence-electron chi connectivity index (χ0n) is 10.8. The smallest absolute Gasteiger partial charge is 0.139 e. The largest absolute Gasteiger partial charge is 0.393 e. The maximum Gasteiger partial charge on any atom is 0.139 e. The van der Waals surface area contributed by atoms with Crippen molar-refractivity contribution in [3.05, 3.63) is 0 Å². The van der Waals surface area contributed by atoms with Crippen molar-refractivity contribution in [2.24, 2.45) is 16.7 Å². The van der Waals surface area contributed by atoms with Crippen LogP contribution in [0.2, 0.25) is 0 Å². The van der Waals surface area contributed by atoms with Crippen molar-refractivity contribution in [1.29, 1.82) is 0 Å². The summed E-state index contributed by atoms with van der Waals surface area (Å²) in [6.07, 6.45) is 5.53. The highest BCUT2D eigenvalue weighted by Crippen LogP contribution is 2.56. The molecule has 2 fully saturated rings. The van der Waals surface area contributed by atoms with Crippen molar-refractivity contribution in [3.63, 3.8) is 0 Å². The maximum atomic E-state index is 12.1. The van der Waals surface area contributed by atoms with Gasteiger partial charge in [-0.25, -0.2) is 0 Å². The third-order valence-electron chi connectivity index (χ3n) is 5.50. The summed E-state index contributed by atoms with van der Waals surface area (Å²) in [6, 6.07) is 0. The summed E-state index contributed by atoms with van der Waals surface area (Å²) >= 11 is 0. The van der Waals surface area contributed by atoms with Crippen LogP contribution < -0.4 is 0 Å². The molecule has 0 radical (unpaired) electrons. The van der Waals surface area contributed by atoms with Crippen molar-refractivity contribution < 1.29 is 9.90 Å². The van der Waals surface area contributed by atoms with E-state index in [1.807, 2.05) is 0 Å². The predicted octanol–water partition coefficient (Wildman–Crippen LogP) is 2.93. The van der Waals surface area contributed by atoms with Gasteiger partial charge in [-0.15, -0.1) is 0 Å². The summed E-state index contributed by atoms with van der Waals surface area (Å²) in [5.74, 6) is 0.824. The van der Waals surface area contributed by atoms with Gasteiger partial charge in [0.15, 0.2) is 0 Å². The molecule has 0 aromatic heterocycles. The summed E-state index contributed by atoms with van der Waals surface area (Å²) < 4.78 is 0. The Hall–Kier alpha value is -0.370. The maximum absolute atomic E-state index is 12.1. The lowest BCUT2D eigenvalue weighted by atomic mass is 9.56. The van der Waals surface area contributed by atoms with Gasteiger partial charge in [-0.3, -0.25) is 4.79 Å². The molecule has 0 aromatic carbocycles. The number of carbonyl (C=O) groups excluding carboxylic acids is 1. The van der Waals surface area contributed by atoms with Gasteiger partial charge in [0.05, 0.1) is 6.10 Å². The molecule has 2 nitrogen and oxygen atoms in total. The van der Waals surface area contributed by atoms with Gasteiger partial charge >= 0.3 is 0 Å². The predicted molar refractivity (Wildman–Crippen MR) is 64.1 cm³/mol. The molecule has 4 atom stereocenters. The Morgan fingerprint density at radius 3 is 2.50 bits per heavy atom. The number of aliphatic hydroxyl groups is 1. The van der Waals surface area contributed by atoms with Crippen LogP contribution in [-0.2, 0) is 4.79 Å². The van der Waals surface area contributed by atoms with Crippen molar-refractivity contribution in [2.45, 2.75) is 65.4 Å². The molecular weight excluding hydrogens is 200 g/mol. The van der Waals surface area contributed by atoms with E-state index in [4.69, 9.17) is 0 Å². The molecule has 92 valence electrons. The summed E-state index contributed by atoms with van der Waals surface area (Å²) in [6.45, 7) is 6.46. The molecule has 0 heterocycles. The molecule has 4 unspecified atom stereocenters. The molecule has 1 N–H and O–H groups in total. The minimum Gasteiger partial charge on any atom is -0.393 e. The second-order valence-corrected chi connectivity index (χ2v) is 6.46. The van der Waals surface area contributed by atoms with E-state index in [0.717, 1.165) is 38.5 Å². The quantitative estimate of drug-likeness (QED) is 0.743. The Labute approximate surface area is 98.4 Å². The van der Waals surface area contributed by atoms with Crippen LogP contribution in [0.15, 0.2) is 0 Å². The number of ketones is 1. The van der Waals surface area contributed by atoms with Gasteiger partial charge < -0.3 is 5.11 Å². The monoisotopic (exact) mass is 224 g/mol. The Bertz CT molecular complexity index is 299. The molecule has 0 aliphatic heterocycles. The Morgan fingerprint density at radius 2 is 2.00 bits per heavy atom. The molecule has 0 aromatic rings. The summed E-state index contributed by atoms with van der Waals surface area (Å²) in [4.78, 5) is 12.1. The fourth-order valence-corrected chi connectivity index (χ4v) is 3.66. The van der Waals surface area contributed by atoms with E-state index in [1.165, 1.54) is 0 Å². The van der Waals surface area contributed by atoms with Crippen LogP contribution in [0, 0.1) is 16.7 Å². The first-order chi connectivity index (χ1) is 7.39. The highest BCUT2D eigenvalue weighted by molar-refractivity contribution is 5.87. The van der Waals surface area contributed by atoms with E-state index in [-0.39, 0.29) is 16.9 Å². The van der Waals surface area contributed by atoms with E-state index in [0.29, 0.717) is 11.7 Å². The van der Waals surface area contributed by atoms with Crippen LogP contribution in [-0.4, -0.2) is 17.0 Å². The van der Waals surface area contributed by atoms with E-state index in [1.54, 1.807) is 0 Å². The minimum atomic E-state index is -0.219. The summed E-state index contributed by atoms with van der Waals surface area (Å²) in [5, 5.41) is 10.1. The number of aliphatic hydroxyl groups excluding tert-OH is 1. The second kappa shape index (κ2) is 3.83. The van der Waals surface area contributed by atoms with Crippen molar-refractivity contribution >= 4 is 5.78 Å². The molecule has 0 bridgehead atoms. The van der Waals surface area contributed by atoms with Crippen molar-refractivity contribution in [2.75, 3.05) is 0 Å². The molecule has 2 aliphatic rings. The molecule has 0 spiro atoms. The number of Topliss-reactive ketones (excluding diaryl/α,β-unsaturated/α-hetero) is 1. The lowest BCUT2D eigenvalue weighted by Gasteiger charge is -2.49. The average Bonchev–Trinajstić information content (AvgIpc) is 2.56. The summed E-state index contributed by atoms with van der Waals surface area (Å²) in [5.41, 5.74) is -0.152. The first-order valence-corrected chi connectivity index (χ1v) is 6.60. The van der Waals surface area contributed by atoms with Crippen LogP contribution >= 0.6 is 0 Å². The number of carbonyl (C=O) groups is 1. The van der Waals surface area contributed by atoms with E-state index >= 15 is 0 Å². The second-order valence-electron chi connectivity index (χ2n) is 6.46. The molecule has 2 heteroatoms. The SMILES string of the molecule is CC1CCC(C)(C2(C)CCCC2=O)CC1O. The number of hydrogen-bond acceptors (Lipinski definition) is 2. The number of rotatable bonds is 1. The molecule has 2 saturated carbocycles. The summed E-state index contributed by atoms with van der Waals surface area (Å²) in [7, 11) is 0. The first kappa shape index (κ1) is 12.1. The van der Waals surface area contributed by atoms with E-state index < -0.39 is 0 Å². The zero-order chi connectivity index (χ0) is 12.0. The Morgan fingerprint density at radius 1 is 1.31 bits per heavy atom. The van der Waals surface area contributed by atoms with Crippen LogP contribution in [0.1, 0.15) is 59.3 Å². The van der Waals surface area contributed by atoms with E-state index in [2.05, 4.69) is 20.8 Å². The fraction of sp³-hybridized carbons (Fsp3) is 0.929. The van der Waals surface area contributed by atoms with Gasteiger partial charge in [-0.2, -0.15) is 0 Å². The molecule has 0 amide bonds. The lowest BCUT2D eigenvalue weighted by molar-refractivity contribution is -0.136. The zero-order valence-corrected chi connectivity index (χ0v) is 10.8. The van der Waals surface area contributed by atoms with Gasteiger partial charge in [0.2, 0.25) is 0 Å².